The number of unbranched alkanes of at least 4 members (excludes halogenated alkanes) is 8. The van der Waals surface area contributed by atoms with Gasteiger partial charge in [0, 0.05) is 52.7 Å². The summed E-state index contributed by atoms with van der Waals surface area (Å²) in [5, 5.41) is 103. The summed E-state index contributed by atoms with van der Waals surface area (Å²) in [6.45, 7) is 13.0. The molecule has 15 N–H and O–H groups in total. The van der Waals surface area contributed by atoms with E-state index < -0.39 is 165 Å². The van der Waals surface area contributed by atoms with Gasteiger partial charge in [0.2, 0.25) is 47.3 Å². The molecule has 33 heteroatoms. The molecule has 16 atom stereocenters. The Kier molecular flexibility index (Phi) is 44.8. The Bertz CT molecular complexity index is 2640. The molecular weight excluding hydrogens is 1360 g/mol. The fourth-order valence-electron chi connectivity index (χ4n) is 12.4. The molecule has 4 rings (SSSR count). The molecule has 3 fully saturated rings. The van der Waals surface area contributed by atoms with E-state index in [0.29, 0.717) is 149 Å². The Morgan fingerprint density at radius 3 is 1.64 bits per heavy atom. The van der Waals surface area contributed by atoms with Crippen molar-refractivity contribution in [3.8, 4) is 5.75 Å². The number of methoxy groups -OCH3 is 1. The maximum Gasteiger partial charge on any atom is 0.248 e. The normalized spacial score (nSPS) is 24.3. The van der Waals surface area contributed by atoms with E-state index in [0.717, 1.165) is 67.4 Å². The minimum absolute atomic E-state index is 0.0722. The van der Waals surface area contributed by atoms with Gasteiger partial charge < -0.3 is 126 Å². The Labute approximate surface area is 610 Å². The Morgan fingerprint density at radius 1 is 0.577 bits per heavy atom. The third-order valence-corrected chi connectivity index (χ3v) is 18.4. The van der Waals surface area contributed by atoms with Crippen molar-refractivity contribution in [2.45, 2.75) is 228 Å². The zero-order valence-electron chi connectivity index (χ0n) is 61.5. The number of hydrogen-bond donors (Lipinski definition) is 14. The maximum absolute atomic E-state index is 14.9. The zero-order valence-corrected chi connectivity index (χ0v) is 61.5. The number of aliphatic hydroxyl groups is 7. The number of aliphatic hydroxyl groups excluding tert-OH is 7. The lowest BCUT2D eigenvalue weighted by molar-refractivity contribution is -0.150. The lowest BCUT2D eigenvalue weighted by atomic mass is 9.91. The second-order valence-electron chi connectivity index (χ2n) is 27.1. The van der Waals surface area contributed by atoms with E-state index in [1.165, 1.54) is 18.6 Å². The van der Waals surface area contributed by atoms with Crippen LogP contribution in [0.1, 0.15) is 155 Å². The first-order valence-corrected chi connectivity index (χ1v) is 37.0. The van der Waals surface area contributed by atoms with Gasteiger partial charge in [-0.1, -0.05) is 90.7 Å². The number of benzene rings is 1. The predicted molar refractivity (Wildman–Crippen MR) is 375 cm³/mol. The monoisotopic (exact) mass is 1490 g/mol. The van der Waals surface area contributed by atoms with Gasteiger partial charge in [-0.3, -0.25) is 38.4 Å². The smallest absolute Gasteiger partial charge is 0.248 e. The molecule has 596 valence electrons. The molecule has 3 aliphatic rings. The lowest BCUT2D eigenvalue weighted by Crippen LogP contribution is -2.64. The van der Waals surface area contributed by atoms with Gasteiger partial charge in [0.1, 0.15) is 60.3 Å². The number of phenolic OH excluding ortho intramolecular Hbond substituents is 1. The highest BCUT2D eigenvalue weighted by atomic mass is 16.6. The molecule has 1 aromatic carbocycles. The quantitative estimate of drug-likeness (QED) is 0.0348. The molecule has 0 radical (unpaired) electrons. The largest absolute Gasteiger partial charge is 0.508 e. The van der Waals surface area contributed by atoms with Crippen molar-refractivity contribution in [3.05, 3.63) is 29.8 Å². The van der Waals surface area contributed by atoms with E-state index in [1.54, 1.807) is 7.11 Å². The summed E-state index contributed by atoms with van der Waals surface area (Å²) in [6.07, 6.45) is -7.30. The third kappa shape index (κ3) is 33.9. The minimum Gasteiger partial charge on any atom is -0.508 e. The minimum atomic E-state index is -2.38. The number of aromatic hydroxyl groups is 1. The summed E-state index contributed by atoms with van der Waals surface area (Å²) < 4.78 is 49.8. The van der Waals surface area contributed by atoms with E-state index in [-0.39, 0.29) is 30.8 Å². The number of phenols is 1. The first kappa shape index (κ1) is 90.5. The number of carbonyl (C=O) groups is 8. The number of amides is 8. The Morgan fingerprint density at radius 2 is 1.09 bits per heavy atom. The number of carbonyl (C=O) groups excluding carboxylic acids is 8. The van der Waals surface area contributed by atoms with Gasteiger partial charge in [-0.2, -0.15) is 0 Å². The lowest BCUT2D eigenvalue weighted by Gasteiger charge is -2.34. The second kappa shape index (κ2) is 51.4. The van der Waals surface area contributed by atoms with Crippen molar-refractivity contribution in [2.75, 3.05) is 126 Å². The van der Waals surface area contributed by atoms with Gasteiger partial charge in [-0.05, 0) is 68.6 Å². The van der Waals surface area contributed by atoms with Gasteiger partial charge >= 0.3 is 0 Å². The van der Waals surface area contributed by atoms with E-state index in [9.17, 15) is 79.2 Å². The van der Waals surface area contributed by atoms with E-state index in [1.807, 2.05) is 0 Å². The highest BCUT2D eigenvalue weighted by molar-refractivity contribution is 5.98. The molecule has 0 aliphatic carbocycles. The van der Waals surface area contributed by atoms with Gasteiger partial charge in [0.05, 0.1) is 123 Å². The molecule has 0 aromatic heterocycles. The highest BCUT2D eigenvalue weighted by Gasteiger charge is 2.49. The van der Waals surface area contributed by atoms with Crippen molar-refractivity contribution in [1.82, 2.24) is 36.4 Å². The first-order chi connectivity index (χ1) is 49.9. The Balaban J connectivity index is 1.52. The molecule has 8 amide bonds. The number of hydrogen-bond acceptors (Lipinski definition) is 25. The fourth-order valence-corrected chi connectivity index (χ4v) is 12.4. The number of rotatable bonds is 49. The molecule has 3 aliphatic heterocycles. The number of nitrogens with zero attached hydrogens (tertiary/aromatic N) is 2. The number of primary amides is 1. The van der Waals surface area contributed by atoms with Crippen LogP contribution < -0.4 is 32.3 Å². The van der Waals surface area contributed by atoms with Crippen molar-refractivity contribution in [1.29, 1.82) is 0 Å². The molecule has 3 heterocycles. The zero-order chi connectivity index (χ0) is 76.3. The SMILES string of the molecule is CCC(C)CC(C)CCCCCCCCC(=O)N[C@H]1C[C@@H](O)[C@@H](OCCCCCCOCCOCCOCCOCCOCCOCCOCCOC)NC(=O)C2[C@@H](O)CCN2C(=O)C([C@H](O)CC(N)=O)NC(=O)C([C@H](O)[C@@H](O)c2ccc(O)cc2)NC(=O)C2C[C@@H](O)CN2C(=O)C([C@@H](C)O)NC1=O. The molecule has 0 spiro atoms. The van der Waals surface area contributed by atoms with Crippen LogP contribution in [0.2, 0.25) is 0 Å². The van der Waals surface area contributed by atoms with Crippen LogP contribution in [0.5, 0.6) is 5.75 Å². The van der Waals surface area contributed by atoms with Crippen LogP contribution in [-0.4, -0.2) is 303 Å². The van der Waals surface area contributed by atoms with E-state index in [2.05, 4.69) is 47.4 Å². The van der Waals surface area contributed by atoms with Crippen LogP contribution in [0.4, 0.5) is 0 Å². The fraction of sp³-hybridized carbons (Fsp3) is 0.803. The van der Waals surface area contributed by atoms with Gasteiger partial charge in [0.15, 0.2) is 6.23 Å². The van der Waals surface area contributed by atoms with Crippen LogP contribution in [0.3, 0.4) is 0 Å². The summed E-state index contributed by atoms with van der Waals surface area (Å²) in [5.74, 6) is -8.32. The van der Waals surface area contributed by atoms with Gasteiger partial charge in [-0.15, -0.1) is 0 Å². The predicted octanol–water partition coefficient (Wildman–Crippen LogP) is -0.994. The van der Waals surface area contributed by atoms with Crippen molar-refractivity contribution >= 4 is 47.3 Å². The molecule has 33 nitrogen and oxygen atoms in total. The molecule has 3 saturated heterocycles. The van der Waals surface area contributed by atoms with E-state index >= 15 is 0 Å². The summed E-state index contributed by atoms with van der Waals surface area (Å²) in [5.41, 5.74) is 5.35. The van der Waals surface area contributed by atoms with Crippen LogP contribution in [-0.2, 0) is 81.0 Å². The van der Waals surface area contributed by atoms with Crippen molar-refractivity contribution in [3.63, 3.8) is 0 Å². The van der Waals surface area contributed by atoms with Crippen LogP contribution in [0, 0.1) is 11.8 Å². The van der Waals surface area contributed by atoms with Gasteiger partial charge in [-0.25, -0.2) is 0 Å². The Hall–Kier alpha value is -5.86. The maximum atomic E-state index is 14.9. The number of nitrogens with two attached hydrogens (primary N) is 1. The highest BCUT2D eigenvalue weighted by Crippen LogP contribution is 2.27. The van der Waals surface area contributed by atoms with E-state index in [4.69, 9.17) is 48.4 Å². The molecule has 0 saturated carbocycles. The summed E-state index contributed by atoms with van der Waals surface area (Å²) in [4.78, 5) is 116. The molecular formula is C71H122N8O25. The standard InChI is InChI=1S/C71H122N8O25/c1-6-46(2)41-47(3)17-13-9-7-8-10-14-18-58(87)73-52-43-56(85)69(104-26-16-12-11-15-25-97-29-30-99-33-34-101-37-38-103-40-39-102-36-35-100-32-31-98-28-27-96-5)77-68(93)62-54(83)23-24-78(62)71(95)60(55(84)44-57(72)86)75-67(92)61(64(89)63(88)49-19-21-50(81)22-20-49)76-66(91)53-42-51(82)45-79(53)70(94)59(48(4)80)74-65(52)90/h19-22,46-48,51-56,59-64,69,80-85,88-89H,6-18,23-45H2,1-5H3,(H2,72,86)(H,73,87)(H,74,90)(H,75,92)(H,76,91)(H,77,93)/t46?,47?,48-,51-,52+,53?,54+,55-,56-,59?,60?,61?,62?,63+,64+,69-/m1/s1. The molecule has 104 heavy (non-hydrogen) atoms. The van der Waals surface area contributed by atoms with Gasteiger partial charge in [0.25, 0.3) is 0 Å². The second-order valence-corrected chi connectivity index (χ2v) is 27.1. The molecule has 1 aromatic rings. The summed E-state index contributed by atoms with van der Waals surface area (Å²) >= 11 is 0. The van der Waals surface area contributed by atoms with Crippen molar-refractivity contribution in [2.24, 2.45) is 17.6 Å². The number of ether oxygens (including phenoxy) is 9. The molecule has 7 unspecified atom stereocenters. The number of fused-ring (bicyclic) bond motifs is 2. The van der Waals surface area contributed by atoms with Crippen LogP contribution >= 0.6 is 0 Å². The van der Waals surface area contributed by atoms with Crippen LogP contribution in [0.15, 0.2) is 24.3 Å². The molecule has 0 bridgehead atoms. The van der Waals surface area contributed by atoms with Crippen LogP contribution in [0.25, 0.3) is 0 Å². The topological polar surface area (TPSA) is 474 Å². The third-order valence-electron chi connectivity index (χ3n) is 18.4. The summed E-state index contributed by atoms with van der Waals surface area (Å²) in [7, 11) is 1.61. The number of nitrogens with one attached hydrogen (secondary N) is 5. The van der Waals surface area contributed by atoms with Crippen molar-refractivity contribution < 1.29 is 122 Å². The summed E-state index contributed by atoms with van der Waals surface area (Å²) in [6, 6.07) is -7.30. The average molecular weight is 1490 g/mol. The first-order valence-electron chi connectivity index (χ1n) is 37.0. The average Bonchev–Trinajstić information content (AvgIpc) is 1.53.